The van der Waals surface area contributed by atoms with Gasteiger partial charge in [-0.05, 0) is 42.0 Å². The van der Waals surface area contributed by atoms with Crippen molar-refractivity contribution < 1.29 is 32.5 Å². The summed E-state index contributed by atoms with van der Waals surface area (Å²) in [5.41, 5.74) is 0.800. The first-order valence-electron chi connectivity index (χ1n) is 11.8. The Morgan fingerprint density at radius 1 is 1.05 bits per heavy atom. The van der Waals surface area contributed by atoms with E-state index in [0.717, 1.165) is 0 Å². The van der Waals surface area contributed by atoms with Gasteiger partial charge in [-0.3, -0.25) is 19.3 Å². The Hall–Kier alpha value is -4.38. The van der Waals surface area contributed by atoms with Crippen molar-refractivity contribution in [3.05, 3.63) is 112 Å². The van der Waals surface area contributed by atoms with Crippen LogP contribution in [-0.2, 0) is 14.2 Å². The summed E-state index contributed by atoms with van der Waals surface area (Å²) < 4.78 is 50.7. The first-order valence-corrected chi connectivity index (χ1v) is 11.8. The van der Waals surface area contributed by atoms with Gasteiger partial charge in [-0.1, -0.05) is 24.3 Å². The average molecular weight is 526 g/mol. The third kappa shape index (κ3) is 4.68. The first kappa shape index (κ1) is 25.3. The summed E-state index contributed by atoms with van der Waals surface area (Å²) in [4.78, 5) is 28.2. The smallest absolute Gasteiger partial charge is 0.278 e. The number of benzene rings is 2. The van der Waals surface area contributed by atoms with Crippen LogP contribution in [0.25, 0.3) is 0 Å². The zero-order valence-corrected chi connectivity index (χ0v) is 20.5. The second-order valence-electron chi connectivity index (χ2n) is 8.62. The Morgan fingerprint density at radius 2 is 1.68 bits per heavy atom. The van der Waals surface area contributed by atoms with Gasteiger partial charge in [0.25, 0.3) is 11.9 Å². The molecule has 3 heterocycles. The van der Waals surface area contributed by atoms with Gasteiger partial charge in [0.15, 0.2) is 5.69 Å². The van der Waals surface area contributed by atoms with E-state index in [1.165, 1.54) is 48.3 Å². The second-order valence-corrected chi connectivity index (χ2v) is 8.62. The highest BCUT2D eigenvalue weighted by atomic mass is 19.1. The molecule has 5 rings (SSSR count). The number of carbonyl (C=O) groups is 1. The van der Waals surface area contributed by atoms with Gasteiger partial charge in [-0.25, -0.2) is 8.78 Å². The molecule has 1 aromatic heterocycles. The molecule has 2 aromatic carbocycles. The number of aromatic nitrogens is 1. The molecule has 198 valence electrons. The number of halogens is 2. The summed E-state index contributed by atoms with van der Waals surface area (Å²) in [6.45, 7) is 3.86. The van der Waals surface area contributed by atoms with Gasteiger partial charge < -0.3 is 23.8 Å². The van der Waals surface area contributed by atoms with Gasteiger partial charge in [-0.15, -0.1) is 0 Å². The molecule has 0 bridgehead atoms. The van der Waals surface area contributed by atoms with E-state index >= 15 is 0 Å². The normalized spacial score (nSPS) is 16.6. The minimum Gasteiger partial charge on any atom is -0.469 e. The van der Waals surface area contributed by atoms with E-state index in [0.29, 0.717) is 17.7 Å². The van der Waals surface area contributed by atoms with E-state index in [1.807, 2.05) is 5.01 Å². The number of hydrogen-bond donors (Lipinski definition) is 0. The number of fused-ring (bicyclic) bond motifs is 2. The number of pyridine rings is 1. The fourth-order valence-corrected chi connectivity index (χ4v) is 4.66. The van der Waals surface area contributed by atoms with Crippen LogP contribution in [0, 0.1) is 11.6 Å². The summed E-state index contributed by atoms with van der Waals surface area (Å²) in [6, 6.07) is 12.5. The third-order valence-electron chi connectivity index (χ3n) is 6.44. The molecule has 9 nitrogen and oxygen atoms in total. The van der Waals surface area contributed by atoms with E-state index in [1.54, 1.807) is 29.2 Å². The fraction of sp³-hybridized carbons (Fsp3) is 0.259. The Balaban J connectivity index is 1.69. The second kappa shape index (κ2) is 10.5. The molecular weight excluding hydrogens is 500 g/mol. The Labute approximate surface area is 217 Å². The minimum absolute atomic E-state index is 0.0171. The molecule has 2 aliphatic heterocycles. The number of carbonyl (C=O) groups excluding carboxylic acids is 1. The molecule has 0 unspecified atom stereocenters. The predicted molar refractivity (Wildman–Crippen MR) is 132 cm³/mol. The number of ether oxygens (including phenoxy) is 4. The van der Waals surface area contributed by atoms with Gasteiger partial charge in [-0.2, -0.15) is 0 Å². The molecule has 0 saturated carbocycles. The van der Waals surface area contributed by atoms with Crippen LogP contribution in [0.4, 0.5) is 8.78 Å². The lowest BCUT2D eigenvalue weighted by Crippen LogP contribution is -2.66. The molecule has 0 N–H and O–H groups in total. The molecule has 2 aliphatic rings. The maximum absolute atomic E-state index is 13.9. The SMILES string of the molecule is C=C(OC)OCOc1c2n(ccc1=O)N(C(c1ccc(F)cc1)c1ccc(F)cc1)[C@@H]1COCCN1C2=O. The Kier molecular flexibility index (Phi) is 7.01. The maximum Gasteiger partial charge on any atom is 0.278 e. The molecular formula is C27H25F2N3O6. The van der Waals surface area contributed by atoms with Crippen molar-refractivity contribution in [3.63, 3.8) is 0 Å². The Bertz CT molecular complexity index is 1350. The van der Waals surface area contributed by atoms with Crippen LogP contribution in [0.1, 0.15) is 27.7 Å². The minimum atomic E-state index is -0.628. The van der Waals surface area contributed by atoms with Crippen LogP contribution in [0.5, 0.6) is 5.75 Å². The van der Waals surface area contributed by atoms with Crippen LogP contribution in [-0.4, -0.2) is 55.3 Å². The fourth-order valence-electron chi connectivity index (χ4n) is 4.66. The quantitative estimate of drug-likeness (QED) is 0.330. The van der Waals surface area contributed by atoms with Crippen molar-refractivity contribution in [1.82, 2.24) is 9.58 Å². The van der Waals surface area contributed by atoms with Gasteiger partial charge in [0.2, 0.25) is 18.0 Å². The van der Waals surface area contributed by atoms with Gasteiger partial charge in [0, 0.05) is 18.8 Å². The number of rotatable bonds is 8. The number of nitrogens with zero attached hydrogens (tertiary/aromatic N) is 3. The lowest BCUT2D eigenvalue weighted by molar-refractivity contribution is -0.0237. The zero-order chi connectivity index (χ0) is 26.8. The van der Waals surface area contributed by atoms with Crippen molar-refractivity contribution in [2.24, 2.45) is 0 Å². The summed E-state index contributed by atoms with van der Waals surface area (Å²) in [7, 11) is 1.37. The van der Waals surface area contributed by atoms with Crippen LogP contribution in [0.15, 0.2) is 78.1 Å². The van der Waals surface area contributed by atoms with Gasteiger partial charge >= 0.3 is 0 Å². The van der Waals surface area contributed by atoms with Crippen molar-refractivity contribution >= 4 is 5.91 Å². The first-order chi connectivity index (χ1) is 18.4. The molecule has 1 amide bonds. The highest BCUT2D eigenvalue weighted by Crippen LogP contribution is 2.36. The third-order valence-corrected chi connectivity index (χ3v) is 6.44. The summed E-state index contributed by atoms with van der Waals surface area (Å²) in [5, 5.41) is 1.84. The predicted octanol–water partition coefficient (Wildman–Crippen LogP) is 3.14. The molecule has 38 heavy (non-hydrogen) atoms. The van der Waals surface area contributed by atoms with Crippen LogP contribution in [0.3, 0.4) is 0 Å². The van der Waals surface area contributed by atoms with Crippen molar-refractivity contribution in [3.8, 4) is 5.75 Å². The van der Waals surface area contributed by atoms with E-state index in [9.17, 15) is 18.4 Å². The lowest BCUT2D eigenvalue weighted by atomic mass is 9.96. The van der Waals surface area contributed by atoms with E-state index in [2.05, 4.69) is 6.58 Å². The highest BCUT2D eigenvalue weighted by molar-refractivity contribution is 5.96. The van der Waals surface area contributed by atoms with E-state index < -0.39 is 42.0 Å². The standard InChI is InChI=1S/C27H25F2N3O6/c1-17(35-2)37-16-38-26-22(33)11-12-31-25(26)27(34)30-13-14-36-15-23(30)32(31)24(18-3-7-20(28)8-4-18)19-5-9-21(29)10-6-19/h3-12,23-24H,1,13-16H2,2H3/t23-/m1/s1. The molecule has 1 atom stereocenters. The summed E-state index contributed by atoms with van der Waals surface area (Å²) >= 11 is 0. The molecule has 11 heteroatoms. The van der Waals surface area contributed by atoms with Crippen molar-refractivity contribution in [2.45, 2.75) is 12.2 Å². The van der Waals surface area contributed by atoms with Gasteiger partial charge in [0.1, 0.15) is 17.8 Å². The maximum atomic E-state index is 13.9. The molecule has 0 spiro atoms. The van der Waals surface area contributed by atoms with Crippen LogP contribution < -0.4 is 15.2 Å². The molecule has 1 fully saturated rings. The number of hydrogen-bond acceptors (Lipinski definition) is 7. The molecule has 0 radical (unpaired) electrons. The monoisotopic (exact) mass is 525 g/mol. The van der Waals surface area contributed by atoms with Crippen LogP contribution in [0.2, 0.25) is 0 Å². The van der Waals surface area contributed by atoms with E-state index in [4.69, 9.17) is 18.9 Å². The van der Waals surface area contributed by atoms with Crippen molar-refractivity contribution in [1.29, 1.82) is 0 Å². The average Bonchev–Trinajstić information content (AvgIpc) is 2.93. The topological polar surface area (TPSA) is 82.5 Å². The Morgan fingerprint density at radius 3 is 2.29 bits per heavy atom. The number of morpholine rings is 1. The molecule has 1 saturated heterocycles. The van der Waals surface area contributed by atoms with E-state index in [-0.39, 0.29) is 30.5 Å². The molecule has 0 aliphatic carbocycles. The largest absolute Gasteiger partial charge is 0.469 e. The number of methoxy groups -OCH3 is 1. The zero-order valence-electron chi connectivity index (χ0n) is 20.5. The summed E-state index contributed by atoms with van der Waals surface area (Å²) in [6.07, 6.45) is 0.882. The lowest BCUT2D eigenvalue weighted by Gasteiger charge is -2.51. The van der Waals surface area contributed by atoms with Gasteiger partial charge in [0.05, 0.1) is 26.4 Å². The summed E-state index contributed by atoms with van der Waals surface area (Å²) in [5.74, 6) is -1.50. The number of amides is 1. The highest BCUT2D eigenvalue weighted by Gasteiger charge is 2.45. The molecule has 3 aromatic rings. The van der Waals surface area contributed by atoms with Crippen molar-refractivity contribution in [2.75, 3.05) is 38.7 Å². The van der Waals surface area contributed by atoms with Crippen LogP contribution >= 0.6 is 0 Å².